The molecule has 4 heteroatoms. The van der Waals surface area contributed by atoms with Gasteiger partial charge in [-0.3, -0.25) is 0 Å². The van der Waals surface area contributed by atoms with E-state index >= 15 is 0 Å². The van der Waals surface area contributed by atoms with Gasteiger partial charge in [-0.1, -0.05) is 0 Å². The van der Waals surface area contributed by atoms with Gasteiger partial charge in [0, 0.05) is 24.0 Å². The van der Waals surface area contributed by atoms with Crippen molar-refractivity contribution in [2.75, 3.05) is 19.6 Å². The molecule has 4 heterocycles. The molecular weight excluding hydrogens is 228 g/mol. The van der Waals surface area contributed by atoms with Gasteiger partial charge < -0.3 is 14.6 Å². The van der Waals surface area contributed by atoms with Crippen LogP contribution in [0.5, 0.6) is 0 Å². The Morgan fingerprint density at radius 3 is 2.44 bits per heavy atom. The van der Waals surface area contributed by atoms with Crippen LogP contribution >= 0.6 is 0 Å². The lowest BCUT2D eigenvalue weighted by Gasteiger charge is -2.46. The highest BCUT2D eigenvalue weighted by atomic mass is 16.4. The molecule has 3 saturated heterocycles. The fraction of sp³-hybridized carbons (Fsp3) is 0.643. The summed E-state index contributed by atoms with van der Waals surface area (Å²) in [5, 5.41) is 9.21. The minimum absolute atomic E-state index is 0.462. The summed E-state index contributed by atoms with van der Waals surface area (Å²) in [6.45, 7) is 7.48. The number of hydrogen-bond acceptors (Lipinski definition) is 2. The minimum atomic E-state index is -0.810. The molecular formula is C14H20N2O2. The van der Waals surface area contributed by atoms with E-state index in [2.05, 4.69) is 9.47 Å². The molecule has 1 atom stereocenters. The molecule has 0 spiro atoms. The summed E-state index contributed by atoms with van der Waals surface area (Å²) in [6.07, 6.45) is 2.51. The zero-order valence-corrected chi connectivity index (χ0v) is 11.0. The van der Waals surface area contributed by atoms with Crippen molar-refractivity contribution in [1.29, 1.82) is 0 Å². The first-order valence-corrected chi connectivity index (χ1v) is 6.72. The van der Waals surface area contributed by atoms with Crippen LogP contribution in [0, 0.1) is 19.8 Å². The van der Waals surface area contributed by atoms with E-state index in [4.69, 9.17) is 0 Å². The predicted octanol–water partition coefficient (Wildman–Crippen LogP) is 2.07. The maximum atomic E-state index is 11.2. The summed E-state index contributed by atoms with van der Waals surface area (Å²) >= 11 is 0. The number of piperidine rings is 3. The van der Waals surface area contributed by atoms with E-state index in [1.165, 1.54) is 25.9 Å². The van der Waals surface area contributed by atoms with Crippen molar-refractivity contribution >= 4 is 5.97 Å². The largest absolute Gasteiger partial charge is 0.478 e. The summed E-state index contributed by atoms with van der Waals surface area (Å²) in [5.74, 6) is -0.0860. The van der Waals surface area contributed by atoms with Gasteiger partial charge in [-0.25, -0.2) is 4.79 Å². The molecule has 3 fully saturated rings. The third-order valence-corrected chi connectivity index (χ3v) is 4.67. The number of carboxylic acid groups (broad SMARTS) is 1. The van der Waals surface area contributed by atoms with Crippen molar-refractivity contribution in [2.24, 2.45) is 5.92 Å². The number of rotatable bonds is 2. The first-order valence-electron chi connectivity index (χ1n) is 6.72. The van der Waals surface area contributed by atoms with Gasteiger partial charge in [0.15, 0.2) is 0 Å². The van der Waals surface area contributed by atoms with E-state index in [-0.39, 0.29) is 0 Å². The van der Waals surface area contributed by atoms with Gasteiger partial charge in [0.1, 0.15) is 0 Å². The molecule has 3 aliphatic heterocycles. The fourth-order valence-electron chi connectivity index (χ4n) is 3.73. The molecule has 0 unspecified atom stereocenters. The van der Waals surface area contributed by atoms with Crippen molar-refractivity contribution < 1.29 is 9.90 Å². The smallest absolute Gasteiger partial charge is 0.337 e. The molecule has 0 saturated carbocycles. The average Bonchev–Trinajstić information content (AvgIpc) is 2.66. The highest BCUT2D eigenvalue weighted by Gasteiger charge is 2.36. The lowest BCUT2D eigenvalue weighted by Crippen LogP contribution is -2.48. The first-order chi connectivity index (χ1) is 8.58. The quantitative estimate of drug-likeness (QED) is 0.871. The Bertz CT molecular complexity index is 484. The normalized spacial score (nSPS) is 30.7. The van der Waals surface area contributed by atoms with E-state index in [0.717, 1.165) is 23.9 Å². The number of aryl methyl sites for hydroxylation is 1. The standard InChI is InChI=1S/C14H20N2O2/c1-9-7-12(14(17)18)10(2)16(9)13-8-15-5-3-11(13)4-6-15/h7,11,13H,3-6,8H2,1-2H3,(H,17,18)/t13-/m0/s1. The molecule has 2 bridgehead atoms. The number of aromatic nitrogens is 1. The van der Waals surface area contributed by atoms with Crippen molar-refractivity contribution in [2.45, 2.75) is 32.7 Å². The van der Waals surface area contributed by atoms with Crippen LogP contribution < -0.4 is 0 Å². The van der Waals surface area contributed by atoms with E-state index in [1.807, 2.05) is 19.9 Å². The maximum Gasteiger partial charge on any atom is 0.337 e. The third kappa shape index (κ3) is 1.67. The minimum Gasteiger partial charge on any atom is -0.478 e. The molecule has 98 valence electrons. The van der Waals surface area contributed by atoms with Crippen LogP contribution in [0.25, 0.3) is 0 Å². The Hall–Kier alpha value is -1.29. The highest BCUT2D eigenvalue weighted by Crippen LogP contribution is 2.37. The molecule has 1 aromatic rings. The fourth-order valence-corrected chi connectivity index (χ4v) is 3.73. The second-order valence-corrected chi connectivity index (χ2v) is 5.67. The molecule has 18 heavy (non-hydrogen) atoms. The van der Waals surface area contributed by atoms with Crippen LogP contribution in [0.3, 0.4) is 0 Å². The number of nitrogens with zero attached hydrogens (tertiary/aromatic N) is 2. The second-order valence-electron chi connectivity index (χ2n) is 5.67. The van der Waals surface area contributed by atoms with Gasteiger partial charge in [0.25, 0.3) is 0 Å². The molecule has 0 aliphatic carbocycles. The van der Waals surface area contributed by atoms with E-state index in [9.17, 15) is 9.90 Å². The van der Waals surface area contributed by atoms with Crippen molar-refractivity contribution in [3.8, 4) is 0 Å². The molecule has 4 nitrogen and oxygen atoms in total. The number of hydrogen-bond donors (Lipinski definition) is 1. The number of carboxylic acids is 1. The number of aromatic carboxylic acids is 1. The Kier molecular flexibility index (Phi) is 2.70. The Morgan fingerprint density at radius 1 is 1.33 bits per heavy atom. The summed E-state index contributed by atoms with van der Waals surface area (Å²) in [4.78, 5) is 13.7. The second kappa shape index (κ2) is 4.12. The molecule has 0 radical (unpaired) electrons. The van der Waals surface area contributed by atoms with E-state index in [0.29, 0.717) is 11.6 Å². The highest BCUT2D eigenvalue weighted by molar-refractivity contribution is 5.89. The predicted molar refractivity (Wildman–Crippen MR) is 69.1 cm³/mol. The van der Waals surface area contributed by atoms with Crippen LogP contribution in [-0.4, -0.2) is 40.2 Å². The zero-order valence-electron chi connectivity index (χ0n) is 11.0. The number of carbonyl (C=O) groups is 1. The molecule has 1 N–H and O–H groups in total. The van der Waals surface area contributed by atoms with E-state index < -0.39 is 5.97 Å². The Labute approximate surface area is 107 Å². The molecule has 4 rings (SSSR count). The van der Waals surface area contributed by atoms with Gasteiger partial charge in [0.2, 0.25) is 0 Å². The lowest BCUT2D eigenvalue weighted by atomic mass is 9.83. The van der Waals surface area contributed by atoms with Crippen LogP contribution in [0.1, 0.15) is 40.6 Å². The summed E-state index contributed by atoms with van der Waals surface area (Å²) < 4.78 is 2.26. The molecule has 0 aromatic carbocycles. The van der Waals surface area contributed by atoms with Crippen LogP contribution in [0.2, 0.25) is 0 Å². The van der Waals surface area contributed by atoms with Crippen LogP contribution in [-0.2, 0) is 0 Å². The number of fused-ring (bicyclic) bond motifs is 3. The van der Waals surface area contributed by atoms with Crippen molar-refractivity contribution in [3.63, 3.8) is 0 Å². The van der Waals surface area contributed by atoms with Gasteiger partial charge in [-0.15, -0.1) is 0 Å². The van der Waals surface area contributed by atoms with E-state index in [1.54, 1.807) is 0 Å². The van der Waals surface area contributed by atoms with Crippen LogP contribution in [0.15, 0.2) is 6.07 Å². The Balaban J connectivity index is 1.99. The van der Waals surface area contributed by atoms with Crippen LogP contribution in [0.4, 0.5) is 0 Å². The molecule has 0 amide bonds. The topological polar surface area (TPSA) is 45.5 Å². The SMILES string of the molecule is Cc1cc(C(=O)O)c(C)n1[C@H]1CN2CCC1CC2. The van der Waals surface area contributed by atoms with Crippen molar-refractivity contribution in [3.05, 3.63) is 23.0 Å². The summed E-state index contributed by atoms with van der Waals surface area (Å²) in [7, 11) is 0. The van der Waals surface area contributed by atoms with Gasteiger partial charge >= 0.3 is 5.97 Å². The first kappa shape index (κ1) is 11.8. The van der Waals surface area contributed by atoms with Gasteiger partial charge in [-0.05, 0) is 51.8 Å². The monoisotopic (exact) mass is 248 g/mol. The maximum absolute atomic E-state index is 11.2. The third-order valence-electron chi connectivity index (χ3n) is 4.67. The molecule has 3 aliphatic rings. The summed E-state index contributed by atoms with van der Waals surface area (Å²) in [6, 6.07) is 2.29. The zero-order chi connectivity index (χ0) is 12.9. The molecule has 1 aromatic heterocycles. The average molecular weight is 248 g/mol. The Morgan fingerprint density at radius 2 is 2.00 bits per heavy atom. The van der Waals surface area contributed by atoms with Crippen molar-refractivity contribution in [1.82, 2.24) is 9.47 Å². The van der Waals surface area contributed by atoms with Gasteiger partial charge in [0.05, 0.1) is 5.56 Å². The lowest BCUT2D eigenvalue weighted by molar-refractivity contribution is 0.0551. The summed E-state index contributed by atoms with van der Waals surface area (Å²) in [5.41, 5.74) is 2.46. The van der Waals surface area contributed by atoms with Gasteiger partial charge in [-0.2, -0.15) is 0 Å².